The van der Waals surface area contributed by atoms with Crippen molar-refractivity contribution in [3.05, 3.63) is 29.8 Å². The summed E-state index contributed by atoms with van der Waals surface area (Å²) >= 11 is 0. The second kappa shape index (κ2) is 7.14. The molecule has 0 bridgehead atoms. The summed E-state index contributed by atoms with van der Waals surface area (Å²) in [6.45, 7) is 4.23. The van der Waals surface area contributed by atoms with E-state index in [9.17, 15) is 4.79 Å². The lowest BCUT2D eigenvalue weighted by atomic mass is 10.1. The molecule has 0 atom stereocenters. The van der Waals surface area contributed by atoms with E-state index < -0.39 is 0 Å². The molecule has 0 spiro atoms. The SMILES string of the molecule is CN(Cc1ccc(N2CCOCC2)cc1)C(=O)C1CCCC1. The van der Waals surface area contributed by atoms with Crippen LogP contribution >= 0.6 is 0 Å². The van der Waals surface area contributed by atoms with Crippen molar-refractivity contribution in [2.24, 2.45) is 5.92 Å². The van der Waals surface area contributed by atoms with Crippen molar-refractivity contribution in [2.75, 3.05) is 38.3 Å². The van der Waals surface area contributed by atoms with Gasteiger partial charge in [-0.25, -0.2) is 0 Å². The van der Waals surface area contributed by atoms with Gasteiger partial charge < -0.3 is 14.5 Å². The van der Waals surface area contributed by atoms with Crippen LogP contribution in [-0.4, -0.2) is 44.2 Å². The van der Waals surface area contributed by atoms with Gasteiger partial charge in [-0.15, -0.1) is 0 Å². The van der Waals surface area contributed by atoms with E-state index in [0.29, 0.717) is 12.5 Å². The van der Waals surface area contributed by atoms with E-state index in [1.54, 1.807) is 0 Å². The van der Waals surface area contributed by atoms with Gasteiger partial charge in [-0.1, -0.05) is 25.0 Å². The van der Waals surface area contributed by atoms with Crippen LogP contribution < -0.4 is 4.90 Å². The molecule has 4 heteroatoms. The molecule has 1 aliphatic carbocycles. The molecule has 0 unspecified atom stereocenters. The quantitative estimate of drug-likeness (QED) is 0.857. The first-order chi connectivity index (χ1) is 10.7. The van der Waals surface area contributed by atoms with Crippen molar-refractivity contribution in [3.8, 4) is 0 Å². The standard InChI is InChI=1S/C18H26N2O2/c1-19(18(21)16-4-2-3-5-16)14-15-6-8-17(9-7-15)20-10-12-22-13-11-20/h6-9,16H,2-5,10-14H2,1H3. The summed E-state index contributed by atoms with van der Waals surface area (Å²) in [7, 11) is 1.93. The number of anilines is 1. The lowest BCUT2D eigenvalue weighted by Gasteiger charge is -2.29. The topological polar surface area (TPSA) is 32.8 Å². The van der Waals surface area contributed by atoms with Crippen LogP contribution in [0.3, 0.4) is 0 Å². The number of ether oxygens (including phenoxy) is 1. The van der Waals surface area contributed by atoms with Crippen LogP contribution in [-0.2, 0) is 16.1 Å². The molecule has 1 aromatic rings. The lowest BCUT2D eigenvalue weighted by Crippen LogP contribution is -2.36. The van der Waals surface area contributed by atoms with Gasteiger partial charge in [-0.2, -0.15) is 0 Å². The third kappa shape index (κ3) is 3.61. The number of carbonyl (C=O) groups excluding carboxylic acids is 1. The van der Waals surface area contributed by atoms with Crippen LogP contribution in [0.2, 0.25) is 0 Å². The Morgan fingerprint density at radius 1 is 1.18 bits per heavy atom. The van der Waals surface area contributed by atoms with Crippen LogP contribution in [0.1, 0.15) is 31.2 Å². The van der Waals surface area contributed by atoms with E-state index in [4.69, 9.17) is 4.74 Å². The zero-order valence-corrected chi connectivity index (χ0v) is 13.5. The largest absolute Gasteiger partial charge is 0.378 e. The zero-order valence-electron chi connectivity index (χ0n) is 13.5. The van der Waals surface area contributed by atoms with Gasteiger partial charge in [0.05, 0.1) is 13.2 Å². The zero-order chi connectivity index (χ0) is 15.4. The number of morpholine rings is 1. The van der Waals surface area contributed by atoms with Crippen LogP contribution in [0.15, 0.2) is 24.3 Å². The van der Waals surface area contributed by atoms with Crippen LogP contribution in [0, 0.1) is 5.92 Å². The maximum absolute atomic E-state index is 12.4. The van der Waals surface area contributed by atoms with Gasteiger partial charge in [0.2, 0.25) is 5.91 Å². The molecule has 1 aromatic carbocycles. The Morgan fingerprint density at radius 2 is 1.82 bits per heavy atom. The minimum absolute atomic E-state index is 0.262. The highest BCUT2D eigenvalue weighted by molar-refractivity contribution is 5.78. The Morgan fingerprint density at radius 3 is 2.45 bits per heavy atom. The van der Waals surface area contributed by atoms with E-state index in [-0.39, 0.29) is 5.92 Å². The summed E-state index contributed by atoms with van der Waals surface area (Å²) in [4.78, 5) is 16.6. The van der Waals surface area contributed by atoms with E-state index in [1.807, 2.05) is 11.9 Å². The molecule has 4 nitrogen and oxygen atoms in total. The van der Waals surface area contributed by atoms with E-state index >= 15 is 0 Å². The molecule has 1 saturated carbocycles. The van der Waals surface area contributed by atoms with Crippen molar-refractivity contribution in [1.29, 1.82) is 0 Å². The number of nitrogens with zero attached hydrogens (tertiary/aromatic N) is 2. The Labute approximate surface area is 133 Å². The minimum Gasteiger partial charge on any atom is -0.378 e. The molecular weight excluding hydrogens is 276 g/mol. The Bertz CT molecular complexity index is 488. The van der Waals surface area contributed by atoms with Crippen molar-refractivity contribution >= 4 is 11.6 Å². The van der Waals surface area contributed by atoms with Crippen LogP contribution in [0.25, 0.3) is 0 Å². The molecule has 1 saturated heterocycles. The summed E-state index contributed by atoms with van der Waals surface area (Å²) in [5.74, 6) is 0.576. The maximum atomic E-state index is 12.4. The Kier molecular flexibility index (Phi) is 4.98. The molecule has 3 rings (SSSR count). The van der Waals surface area contributed by atoms with Crippen molar-refractivity contribution < 1.29 is 9.53 Å². The highest BCUT2D eigenvalue weighted by Gasteiger charge is 2.25. The first-order valence-corrected chi connectivity index (χ1v) is 8.40. The fourth-order valence-corrected chi connectivity index (χ4v) is 3.47. The molecule has 22 heavy (non-hydrogen) atoms. The monoisotopic (exact) mass is 302 g/mol. The highest BCUT2D eigenvalue weighted by Crippen LogP contribution is 2.26. The van der Waals surface area contributed by atoms with Crippen molar-refractivity contribution in [3.63, 3.8) is 0 Å². The molecule has 0 radical (unpaired) electrons. The first kappa shape index (κ1) is 15.3. The van der Waals surface area contributed by atoms with Crippen LogP contribution in [0.5, 0.6) is 0 Å². The molecule has 1 heterocycles. The molecule has 1 aliphatic heterocycles. The van der Waals surface area contributed by atoms with Crippen molar-refractivity contribution in [1.82, 2.24) is 4.90 Å². The Hall–Kier alpha value is -1.55. The molecular formula is C18H26N2O2. The molecule has 2 aliphatic rings. The maximum Gasteiger partial charge on any atom is 0.225 e. The summed E-state index contributed by atoms with van der Waals surface area (Å²) in [6.07, 6.45) is 4.55. The molecule has 0 aromatic heterocycles. The number of rotatable bonds is 4. The number of hydrogen-bond acceptors (Lipinski definition) is 3. The van der Waals surface area contributed by atoms with E-state index in [0.717, 1.165) is 39.1 Å². The second-order valence-electron chi connectivity index (χ2n) is 6.44. The van der Waals surface area contributed by atoms with Crippen molar-refractivity contribution in [2.45, 2.75) is 32.2 Å². The number of carbonyl (C=O) groups is 1. The average Bonchev–Trinajstić information content (AvgIpc) is 3.10. The minimum atomic E-state index is 0.262. The summed E-state index contributed by atoms with van der Waals surface area (Å²) in [5.41, 5.74) is 2.45. The van der Waals surface area contributed by atoms with E-state index in [1.165, 1.54) is 24.1 Å². The normalized spacial score (nSPS) is 19.4. The van der Waals surface area contributed by atoms with Gasteiger partial charge in [0.1, 0.15) is 0 Å². The fourth-order valence-electron chi connectivity index (χ4n) is 3.47. The summed E-state index contributed by atoms with van der Waals surface area (Å²) < 4.78 is 5.39. The van der Waals surface area contributed by atoms with Crippen LogP contribution in [0.4, 0.5) is 5.69 Å². The molecule has 120 valence electrons. The summed E-state index contributed by atoms with van der Waals surface area (Å²) in [6, 6.07) is 8.61. The summed E-state index contributed by atoms with van der Waals surface area (Å²) in [5, 5.41) is 0. The van der Waals surface area contributed by atoms with E-state index in [2.05, 4.69) is 29.2 Å². The number of amides is 1. The fraction of sp³-hybridized carbons (Fsp3) is 0.611. The van der Waals surface area contributed by atoms with Gasteiger partial charge >= 0.3 is 0 Å². The van der Waals surface area contributed by atoms with Gasteiger partial charge in [0.25, 0.3) is 0 Å². The average molecular weight is 302 g/mol. The van der Waals surface area contributed by atoms with Gasteiger partial charge in [0.15, 0.2) is 0 Å². The lowest BCUT2D eigenvalue weighted by molar-refractivity contribution is -0.134. The first-order valence-electron chi connectivity index (χ1n) is 8.40. The molecule has 1 amide bonds. The second-order valence-corrected chi connectivity index (χ2v) is 6.44. The molecule has 0 N–H and O–H groups in total. The van der Waals surface area contributed by atoms with Gasteiger partial charge in [-0.05, 0) is 30.5 Å². The Balaban J connectivity index is 1.56. The predicted octanol–water partition coefficient (Wildman–Crippen LogP) is 2.67. The number of benzene rings is 1. The third-order valence-corrected chi connectivity index (χ3v) is 4.81. The highest BCUT2D eigenvalue weighted by atomic mass is 16.5. The third-order valence-electron chi connectivity index (χ3n) is 4.81. The smallest absolute Gasteiger partial charge is 0.225 e. The predicted molar refractivity (Wildman–Crippen MR) is 87.9 cm³/mol. The molecule has 2 fully saturated rings. The van der Waals surface area contributed by atoms with Gasteiger partial charge in [-0.3, -0.25) is 4.79 Å². The number of hydrogen-bond donors (Lipinski definition) is 0. The van der Waals surface area contributed by atoms with Gasteiger partial charge in [0, 0.05) is 38.3 Å².